The maximum absolute atomic E-state index is 12.0. The highest BCUT2D eigenvalue weighted by molar-refractivity contribution is 9.10. The summed E-state index contributed by atoms with van der Waals surface area (Å²) in [6, 6.07) is 1.95. The van der Waals surface area contributed by atoms with Gasteiger partial charge in [-0.1, -0.05) is 0 Å². The average molecular weight is 353 g/mol. The number of esters is 2. The number of rotatable bonds is 2. The zero-order valence-electron chi connectivity index (χ0n) is 11.3. The third kappa shape index (κ3) is 2.53. The number of ether oxygens (including phenoxy) is 2. The molecule has 1 aliphatic rings. The van der Waals surface area contributed by atoms with Gasteiger partial charge in [-0.15, -0.1) is 0 Å². The van der Waals surface area contributed by atoms with Crippen LogP contribution in [0.25, 0.3) is 10.9 Å². The number of nitrogens with zero attached hydrogens (tertiary/aromatic N) is 1. The highest BCUT2D eigenvalue weighted by Crippen LogP contribution is 2.33. The molecule has 1 aromatic carbocycles. The molecule has 0 spiro atoms. The van der Waals surface area contributed by atoms with E-state index in [1.54, 1.807) is 6.20 Å². The SMILES string of the molecule is COC(=O)C[C@@H]1Cc2cc(Br)c3[nH]ncc3c2COC1=O. The summed E-state index contributed by atoms with van der Waals surface area (Å²) in [6.45, 7) is 0.190. The van der Waals surface area contributed by atoms with Crippen LogP contribution in [0.2, 0.25) is 0 Å². The van der Waals surface area contributed by atoms with Crippen molar-refractivity contribution in [3.63, 3.8) is 0 Å². The normalized spacial score (nSPS) is 18.0. The van der Waals surface area contributed by atoms with Crippen molar-refractivity contribution >= 4 is 38.8 Å². The van der Waals surface area contributed by atoms with Gasteiger partial charge in [-0.25, -0.2) is 0 Å². The second-order valence-electron chi connectivity index (χ2n) is 4.94. The number of benzene rings is 1. The van der Waals surface area contributed by atoms with Crippen LogP contribution in [0.15, 0.2) is 16.7 Å². The van der Waals surface area contributed by atoms with Crippen molar-refractivity contribution in [2.45, 2.75) is 19.4 Å². The fourth-order valence-electron chi connectivity index (χ4n) is 2.58. The predicted molar refractivity (Wildman–Crippen MR) is 77.4 cm³/mol. The van der Waals surface area contributed by atoms with E-state index in [2.05, 4.69) is 30.9 Å². The second kappa shape index (κ2) is 5.48. The molecule has 1 aromatic heterocycles. The molecule has 2 heterocycles. The van der Waals surface area contributed by atoms with Crippen LogP contribution < -0.4 is 0 Å². The number of fused-ring (bicyclic) bond motifs is 3. The van der Waals surface area contributed by atoms with E-state index < -0.39 is 11.9 Å². The molecule has 2 aromatic rings. The lowest BCUT2D eigenvalue weighted by atomic mass is 9.93. The number of carbonyl (C=O) groups excluding carboxylic acids is 2. The molecule has 0 fully saturated rings. The number of cyclic esters (lactones) is 1. The largest absolute Gasteiger partial charge is 0.469 e. The van der Waals surface area contributed by atoms with Crippen LogP contribution in [-0.2, 0) is 32.1 Å². The van der Waals surface area contributed by atoms with Crippen molar-refractivity contribution in [3.8, 4) is 0 Å². The van der Waals surface area contributed by atoms with Crippen LogP contribution in [0.4, 0.5) is 0 Å². The van der Waals surface area contributed by atoms with Crippen LogP contribution in [0.5, 0.6) is 0 Å². The number of H-pyrrole nitrogens is 1. The van der Waals surface area contributed by atoms with Crippen LogP contribution in [0.3, 0.4) is 0 Å². The number of carbonyl (C=O) groups is 2. The molecule has 0 saturated carbocycles. The molecule has 0 unspecified atom stereocenters. The summed E-state index contributed by atoms with van der Waals surface area (Å²) in [5.41, 5.74) is 2.79. The van der Waals surface area contributed by atoms with E-state index >= 15 is 0 Å². The van der Waals surface area contributed by atoms with Gasteiger partial charge in [-0.05, 0) is 34.0 Å². The molecule has 1 aliphatic heterocycles. The lowest BCUT2D eigenvalue weighted by Gasteiger charge is -2.11. The fraction of sp³-hybridized carbons (Fsp3) is 0.357. The van der Waals surface area contributed by atoms with Gasteiger partial charge < -0.3 is 9.47 Å². The molecule has 0 aliphatic carbocycles. The lowest BCUT2D eigenvalue weighted by molar-refractivity contribution is -0.154. The summed E-state index contributed by atoms with van der Waals surface area (Å²) in [5.74, 6) is -1.30. The van der Waals surface area contributed by atoms with Crippen molar-refractivity contribution in [1.29, 1.82) is 0 Å². The monoisotopic (exact) mass is 352 g/mol. The van der Waals surface area contributed by atoms with Gasteiger partial charge in [0.25, 0.3) is 0 Å². The topological polar surface area (TPSA) is 81.3 Å². The van der Waals surface area contributed by atoms with E-state index in [-0.39, 0.29) is 19.0 Å². The molecule has 1 N–H and O–H groups in total. The maximum Gasteiger partial charge on any atom is 0.310 e. The number of aromatic nitrogens is 2. The zero-order valence-corrected chi connectivity index (χ0v) is 12.9. The Morgan fingerprint density at radius 3 is 3.19 bits per heavy atom. The number of hydrogen-bond donors (Lipinski definition) is 1. The van der Waals surface area contributed by atoms with Crippen LogP contribution in [-0.4, -0.2) is 29.2 Å². The van der Waals surface area contributed by atoms with Gasteiger partial charge >= 0.3 is 11.9 Å². The van der Waals surface area contributed by atoms with E-state index in [9.17, 15) is 9.59 Å². The maximum atomic E-state index is 12.0. The Balaban J connectivity index is 2.02. The van der Waals surface area contributed by atoms with E-state index in [1.165, 1.54) is 7.11 Å². The van der Waals surface area contributed by atoms with Gasteiger partial charge in [-0.3, -0.25) is 14.7 Å². The van der Waals surface area contributed by atoms with Crippen molar-refractivity contribution in [3.05, 3.63) is 27.9 Å². The molecular formula is C14H13BrN2O4. The third-order valence-electron chi connectivity index (χ3n) is 3.69. The highest BCUT2D eigenvalue weighted by Gasteiger charge is 2.29. The van der Waals surface area contributed by atoms with E-state index in [0.29, 0.717) is 6.42 Å². The zero-order chi connectivity index (χ0) is 15.0. The molecule has 6 nitrogen and oxygen atoms in total. The van der Waals surface area contributed by atoms with E-state index in [1.807, 2.05) is 6.07 Å². The van der Waals surface area contributed by atoms with Gasteiger partial charge in [-0.2, -0.15) is 5.10 Å². The molecule has 0 bridgehead atoms. The molecule has 21 heavy (non-hydrogen) atoms. The molecule has 3 rings (SSSR count). The lowest BCUT2D eigenvalue weighted by Crippen LogP contribution is -2.21. The minimum atomic E-state index is -0.519. The van der Waals surface area contributed by atoms with E-state index in [4.69, 9.17) is 4.74 Å². The second-order valence-corrected chi connectivity index (χ2v) is 5.80. The highest BCUT2D eigenvalue weighted by atomic mass is 79.9. The average Bonchev–Trinajstić information content (AvgIpc) is 2.90. The molecular weight excluding hydrogens is 340 g/mol. The van der Waals surface area contributed by atoms with Crippen molar-refractivity contribution in [2.75, 3.05) is 7.11 Å². The van der Waals surface area contributed by atoms with Crippen molar-refractivity contribution in [1.82, 2.24) is 10.2 Å². The standard InChI is InChI=1S/C14H13BrN2O4/c1-20-12(18)4-8-2-7-3-11(15)13-9(5-16-17-13)10(7)6-21-14(8)19/h3,5,8H,2,4,6H2,1H3,(H,16,17)/t8-/m0/s1. The minimum absolute atomic E-state index is 0.0236. The Morgan fingerprint density at radius 1 is 1.62 bits per heavy atom. The molecule has 7 heteroatoms. The van der Waals surface area contributed by atoms with Crippen LogP contribution in [0.1, 0.15) is 17.5 Å². The number of hydrogen-bond acceptors (Lipinski definition) is 5. The first-order chi connectivity index (χ1) is 10.1. The molecule has 110 valence electrons. The van der Waals surface area contributed by atoms with Gasteiger partial charge in [0.05, 0.1) is 31.2 Å². The quantitative estimate of drug-likeness (QED) is 0.837. The number of methoxy groups -OCH3 is 1. The fourth-order valence-corrected chi connectivity index (χ4v) is 3.16. The Hall–Kier alpha value is -1.89. The summed E-state index contributed by atoms with van der Waals surface area (Å²) < 4.78 is 10.8. The summed E-state index contributed by atoms with van der Waals surface area (Å²) in [6.07, 6.45) is 2.19. The Bertz CT molecular complexity index is 725. The molecule has 0 amide bonds. The first kappa shape index (κ1) is 14.1. The van der Waals surface area contributed by atoms with E-state index in [0.717, 1.165) is 26.5 Å². The third-order valence-corrected chi connectivity index (χ3v) is 4.32. The summed E-state index contributed by atoms with van der Waals surface area (Å²) in [5, 5.41) is 7.86. The number of aromatic amines is 1. The molecule has 0 saturated heterocycles. The van der Waals surface area contributed by atoms with Crippen LogP contribution in [0, 0.1) is 5.92 Å². The van der Waals surface area contributed by atoms with Gasteiger partial charge in [0.2, 0.25) is 0 Å². The summed E-state index contributed by atoms with van der Waals surface area (Å²) in [4.78, 5) is 23.5. The van der Waals surface area contributed by atoms with Gasteiger partial charge in [0, 0.05) is 15.4 Å². The number of nitrogens with one attached hydrogen (secondary N) is 1. The summed E-state index contributed by atoms with van der Waals surface area (Å²) >= 11 is 3.49. The first-order valence-electron chi connectivity index (χ1n) is 6.47. The van der Waals surface area contributed by atoms with Gasteiger partial charge in [0.15, 0.2) is 0 Å². The van der Waals surface area contributed by atoms with Crippen molar-refractivity contribution in [2.24, 2.45) is 5.92 Å². The first-order valence-corrected chi connectivity index (χ1v) is 7.26. The number of halogens is 1. The Morgan fingerprint density at radius 2 is 2.43 bits per heavy atom. The predicted octanol–water partition coefficient (Wildman–Crippen LogP) is 2.10. The molecule has 1 atom stereocenters. The Labute approximate surface area is 128 Å². The molecule has 0 radical (unpaired) electrons. The van der Waals surface area contributed by atoms with Crippen molar-refractivity contribution < 1.29 is 19.1 Å². The minimum Gasteiger partial charge on any atom is -0.469 e. The summed E-state index contributed by atoms with van der Waals surface area (Å²) in [7, 11) is 1.31. The van der Waals surface area contributed by atoms with Crippen LogP contribution >= 0.6 is 15.9 Å². The Kier molecular flexibility index (Phi) is 3.67. The smallest absolute Gasteiger partial charge is 0.310 e. The van der Waals surface area contributed by atoms with Gasteiger partial charge in [0.1, 0.15) is 6.61 Å².